The third kappa shape index (κ3) is 2.15. The Balaban J connectivity index is 2.10. The molecule has 1 aliphatic rings. The van der Waals surface area contributed by atoms with Crippen LogP contribution in [0.5, 0.6) is 11.5 Å². The first-order chi connectivity index (χ1) is 6.75. The molecule has 1 fully saturated rings. The lowest BCUT2D eigenvalue weighted by atomic mass is 10.3. The minimum Gasteiger partial charge on any atom is -0.508 e. The minimum atomic E-state index is 0.225. The maximum absolute atomic E-state index is 9.56. The zero-order chi connectivity index (χ0) is 9.97. The van der Waals surface area contributed by atoms with Gasteiger partial charge in [0.1, 0.15) is 11.5 Å². The highest BCUT2D eigenvalue weighted by Gasteiger charge is 2.17. The van der Waals surface area contributed by atoms with Gasteiger partial charge >= 0.3 is 0 Å². The molecule has 1 saturated carbocycles. The first-order valence-electron chi connectivity index (χ1n) is 4.94. The highest BCUT2D eigenvalue weighted by atomic mass is 32.2. The van der Waals surface area contributed by atoms with Crippen LogP contribution in [0.15, 0.2) is 23.1 Å². The molecule has 0 radical (unpaired) electrons. The Hall–Kier alpha value is -0.830. The Morgan fingerprint density at radius 3 is 2.57 bits per heavy atom. The maximum atomic E-state index is 9.56. The smallest absolute Gasteiger partial charge is 0.129 e. The Morgan fingerprint density at radius 1 is 1.14 bits per heavy atom. The molecule has 3 heteroatoms. The van der Waals surface area contributed by atoms with E-state index < -0.39 is 0 Å². The molecule has 0 aliphatic heterocycles. The number of thioether (sulfide) groups is 1. The molecule has 0 aromatic heterocycles. The Kier molecular flexibility index (Phi) is 2.87. The first kappa shape index (κ1) is 9.71. The molecule has 0 atom stereocenters. The molecule has 0 amide bonds. The molecule has 0 saturated heterocycles. The fourth-order valence-electron chi connectivity index (χ4n) is 1.78. The summed E-state index contributed by atoms with van der Waals surface area (Å²) in [7, 11) is 0. The number of hydrogen-bond donors (Lipinski definition) is 2. The fourth-order valence-corrected chi connectivity index (χ4v) is 3.09. The van der Waals surface area contributed by atoms with E-state index >= 15 is 0 Å². The zero-order valence-electron chi connectivity index (χ0n) is 7.94. The van der Waals surface area contributed by atoms with Crippen molar-refractivity contribution >= 4 is 11.8 Å². The van der Waals surface area contributed by atoms with E-state index in [-0.39, 0.29) is 11.5 Å². The summed E-state index contributed by atoms with van der Waals surface area (Å²) in [6.45, 7) is 0. The van der Waals surface area contributed by atoms with Gasteiger partial charge in [-0.1, -0.05) is 12.8 Å². The van der Waals surface area contributed by atoms with E-state index in [1.165, 1.54) is 31.7 Å². The van der Waals surface area contributed by atoms with Gasteiger partial charge in [0.25, 0.3) is 0 Å². The van der Waals surface area contributed by atoms with Crippen molar-refractivity contribution in [3.63, 3.8) is 0 Å². The molecule has 2 rings (SSSR count). The second kappa shape index (κ2) is 4.13. The first-order valence-corrected chi connectivity index (χ1v) is 5.82. The quantitative estimate of drug-likeness (QED) is 0.737. The third-order valence-electron chi connectivity index (χ3n) is 2.54. The SMILES string of the molecule is Oc1ccc(O)c(SC2CCCC2)c1. The summed E-state index contributed by atoms with van der Waals surface area (Å²) in [5, 5.41) is 19.5. The van der Waals surface area contributed by atoms with Crippen LogP contribution in [0.1, 0.15) is 25.7 Å². The molecule has 0 heterocycles. The average molecular weight is 210 g/mol. The second-order valence-electron chi connectivity index (χ2n) is 3.68. The monoisotopic (exact) mass is 210 g/mol. The summed E-state index contributed by atoms with van der Waals surface area (Å²) >= 11 is 1.68. The molecule has 1 aromatic carbocycles. The fraction of sp³-hybridized carbons (Fsp3) is 0.455. The van der Waals surface area contributed by atoms with Gasteiger partial charge in [0, 0.05) is 5.25 Å². The summed E-state index contributed by atoms with van der Waals surface area (Å²) in [6.07, 6.45) is 5.02. The van der Waals surface area contributed by atoms with Gasteiger partial charge in [0.2, 0.25) is 0 Å². The number of hydrogen-bond acceptors (Lipinski definition) is 3. The van der Waals surface area contributed by atoms with Crippen molar-refractivity contribution in [3.8, 4) is 11.5 Å². The van der Waals surface area contributed by atoms with Crippen molar-refractivity contribution in [2.75, 3.05) is 0 Å². The Labute approximate surface area is 88.0 Å². The highest BCUT2D eigenvalue weighted by Crippen LogP contribution is 2.39. The number of aromatic hydroxyl groups is 2. The van der Waals surface area contributed by atoms with E-state index in [1.54, 1.807) is 23.9 Å². The molecular weight excluding hydrogens is 196 g/mol. The van der Waals surface area contributed by atoms with Crippen molar-refractivity contribution in [1.82, 2.24) is 0 Å². The Morgan fingerprint density at radius 2 is 1.86 bits per heavy atom. The summed E-state index contributed by atoms with van der Waals surface area (Å²) in [5.41, 5.74) is 0. The number of phenols is 2. The van der Waals surface area contributed by atoms with Gasteiger partial charge < -0.3 is 10.2 Å². The van der Waals surface area contributed by atoms with Crippen molar-refractivity contribution in [2.45, 2.75) is 35.8 Å². The largest absolute Gasteiger partial charge is 0.508 e. The van der Waals surface area contributed by atoms with E-state index in [2.05, 4.69) is 0 Å². The summed E-state index contributed by atoms with van der Waals surface area (Å²) in [6, 6.07) is 4.69. The van der Waals surface area contributed by atoms with Crippen LogP contribution in [0.4, 0.5) is 0 Å². The van der Waals surface area contributed by atoms with Gasteiger partial charge in [-0.15, -0.1) is 11.8 Å². The van der Waals surface area contributed by atoms with Crippen LogP contribution in [0, 0.1) is 0 Å². The molecule has 1 aromatic rings. The average Bonchev–Trinajstić information content (AvgIpc) is 2.64. The molecule has 2 nitrogen and oxygen atoms in total. The van der Waals surface area contributed by atoms with Gasteiger partial charge in [-0.25, -0.2) is 0 Å². The third-order valence-corrected chi connectivity index (χ3v) is 3.92. The van der Waals surface area contributed by atoms with Gasteiger partial charge in [0.05, 0.1) is 4.90 Å². The van der Waals surface area contributed by atoms with Crippen LogP contribution < -0.4 is 0 Å². The normalized spacial score (nSPS) is 17.4. The van der Waals surface area contributed by atoms with Crippen LogP contribution in [-0.2, 0) is 0 Å². The number of rotatable bonds is 2. The van der Waals surface area contributed by atoms with Crippen LogP contribution in [0.2, 0.25) is 0 Å². The van der Waals surface area contributed by atoms with E-state index in [0.717, 1.165) is 4.90 Å². The standard InChI is InChI=1S/C11H14O2S/c12-8-5-6-10(13)11(7-8)14-9-3-1-2-4-9/h5-7,9,12-13H,1-4H2. The van der Waals surface area contributed by atoms with Gasteiger partial charge in [0.15, 0.2) is 0 Å². The lowest BCUT2D eigenvalue weighted by molar-refractivity contribution is 0.448. The van der Waals surface area contributed by atoms with Crippen LogP contribution >= 0.6 is 11.8 Å². The van der Waals surface area contributed by atoms with Crippen molar-refractivity contribution < 1.29 is 10.2 Å². The molecule has 2 N–H and O–H groups in total. The van der Waals surface area contributed by atoms with Crippen molar-refractivity contribution in [2.24, 2.45) is 0 Å². The molecule has 76 valence electrons. The van der Waals surface area contributed by atoms with Crippen LogP contribution in [0.3, 0.4) is 0 Å². The van der Waals surface area contributed by atoms with Gasteiger partial charge in [-0.3, -0.25) is 0 Å². The molecule has 1 aliphatic carbocycles. The predicted molar refractivity (Wildman–Crippen MR) is 57.9 cm³/mol. The van der Waals surface area contributed by atoms with E-state index in [9.17, 15) is 10.2 Å². The second-order valence-corrected chi connectivity index (χ2v) is 5.02. The van der Waals surface area contributed by atoms with Crippen molar-refractivity contribution in [1.29, 1.82) is 0 Å². The Bertz CT molecular complexity index is 319. The van der Waals surface area contributed by atoms with Crippen LogP contribution in [-0.4, -0.2) is 15.5 Å². The minimum absolute atomic E-state index is 0.225. The number of benzene rings is 1. The summed E-state index contributed by atoms with van der Waals surface area (Å²) < 4.78 is 0. The predicted octanol–water partition coefficient (Wildman–Crippen LogP) is 3.13. The molecule has 14 heavy (non-hydrogen) atoms. The van der Waals surface area contributed by atoms with Crippen LogP contribution in [0.25, 0.3) is 0 Å². The maximum Gasteiger partial charge on any atom is 0.129 e. The van der Waals surface area contributed by atoms with Crippen molar-refractivity contribution in [3.05, 3.63) is 18.2 Å². The molecule has 0 bridgehead atoms. The zero-order valence-corrected chi connectivity index (χ0v) is 8.76. The lowest BCUT2D eigenvalue weighted by Crippen LogP contribution is -1.92. The number of phenolic OH excluding ortho intramolecular Hbond substituents is 2. The highest BCUT2D eigenvalue weighted by molar-refractivity contribution is 8.00. The molecule has 0 unspecified atom stereocenters. The summed E-state index contributed by atoms with van der Waals surface area (Å²) in [4.78, 5) is 0.803. The van der Waals surface area contributed by atoms with E-state index in [0.29, 0.717) is 5.25 Å². The van der Waals surface area contributed by atoms with Gasteiger partial charge in [-0.05, 0) is 31.0 Å². The summed E-state index contributed by atoms with van der Waals surface area (Å²) in [5.74, 6) is 0.503. The topological polar surface area (TPSA) is 40.5 Å². The van der Waals surface area contributed by atoms with E-state index in [4.69, 9.17) is 0 Å². The lowest BCUT2D eigenvalue weighted by Gasteiger charge is -2.10. The molecule has 0 spiro atoms. The molecular formula is C11H14O2S. The van der Waals surface area contributed by atoms with Gasteiger partial charge in [-0.2, -0.15) is 0 Å². The van der Waals surface area contributed by atoms with E-state index in [1.807, 2.05) is 0 Å².